The van der Waals surface area contributed by atoms with E-state index in [1.807, 2.05) is 0 Å². The molecule has 0 amide bonds. The summed E-state index contributed by atoms with van der Waals surface area (Å²) in [6.07, 6.45) is 1.97. The highest BCUT2D eigenvalue weighted by atomic mass is 19.4. The smallest absolute Gasteiger partial charge is 0.420 e. The van der Waals surface area contributed by atoms with Gasteiger partial charge in [-0.2, -0.15) is 13.2 Å². The number of unbranched alkanes of at least 4 members (excludes halogenated alkanes) is 5. The lowest BCUT2D eigenvalue weighted by Crippen LogP contribution is -2.10. The lowest BCUT2D eigenvalue weighted by molar-refractivity contribution is -0.138. The van der Waals surface area contributed by atoms with Crippen molar-refractivity contribution in [3.63, 3.8) is 0 Å². The van der Waals surface area contributed by atoms with Gasteiger partial charge in [0.25, 0.3) is 0 Å². The highest BCUT2D eigenvalue weighted by Crippen LogP contribution is 2.37. The fourth-order valence-corrected chi connectivity index (χ4v) is 1.96. The predicted molar refractivity (Wildman–Crippen MR) is 74.7 cm³/mol. The Hall–Kier alpha value is -1.39. The van der Waals surface area contributed by atoms with Gasteiger partial charge in [0, 0.05) is 5.69 Å². The molecule has 0 aliphatic carbocycles. The number of alkyl halides is 3. The molecule has 0 aromatic heterocycles. The number of anilines is 1. The number of rotatable bonds is 8. The first-order valence-electron chi connectivity index (χ1n) is 7.04. The maximum absolute atomic E-state index is 12.8. The van der Waals surface area contributed by atoms with Gasteiger partial charge >= 0.3 is 6.18 Å². The van der Waals surface area contributed by atoms with Crippen LogP contribution in [0.3, 0.4) is 0 Å². The number of ether oxygens (including phenoxy) is 1. The second kappa shape index (κ2) is 8.02. The molecule has 5 heteroatoms. The zero-order valence-electron chi connectivity index (χ0n) is 11.8. The van der Waals surface area contributed by atoms with Crippen LogP contribution in [0.5, 0.6) is 5.75 Å². The molecule has 0 atom stereocenters. The van der Waals surface area contributed by atoms with Crippen LogP contribution < -0.4 is 10.5 Å². The van der Waals surface area contributed by atoms with Crippen molar-refractivity contribution < 1.29 is 17.9 Å². The Kier molecular flexibility index (Phi) is 6.68. The lowest BCUT2D eigenvalue weighted by Gasteiger charge is -2.14. The standard InChI is InChI=1S/C15H22F3NO/c1-2-3-4-5-6-7-10-20-14-9-8-12(19)11-13(14)15(16,17)18/h8-9,11H,2-7,10,19H2,1H3. The number of hydrogen-bond acceptors (Lipinski definition) is 2. The van der Waals surface area contributed by atoms with Gasteiger partial charge in [0.05, 0.1) is 12.2 Å². The van der Waals surface area contributed by atoms with Crippen molar-refractivity contribution in [2.45, 2.75) is 51.6 Å². The monoisotopic (exact) mass is 289 g/mol. The highest BCUT2D eigenvalue weighted by Gasteiger charge is 2.34. The third kappa shape index (κ3) is 5.72. The Labute approximate surface area is 118 Å². The minimum absolute atomic E-state index is 0.0873. The van der Waals surface area contributed by atoms with Crippen LogP contribution >= 0.6 is 0 Å². The van der Waals surface area contributed by atoms with Crippen LogP contribution in [-0.4, -0.2) is 6.61 Å². The molecule has 0 heterocycles. The number of nitrogen functional groups attached to an aromatic ring is 1. The fraction of sp³-hybridized carbons (Fsp3) is 0.600. The first-order chi connectivity index (χ1) is 9.45. The summed E-state index contributed by atoms with van der Waals surface area (Å²) < 4.78 is 43.7. The van der Waals surface area contributed by atoms with Crippen molar-refractivity contribution in [1.82, 2.24) is 0 Å². The molecule has 2 nitrogen and oxygen atoms in total. The second-order valence-corrected chi connectivity index (χ2v) is 4.87. The van der Waals surface area contributed by atoms with Crippen molar-refractivity contribution in [2.24, 2.45) is 0 Å². The van der Waals surface area contributed by atoms with Gasteiger partial charge < -0.3 is 10.5 Å². The van der Waals surface area contributed by atoms with Gasteiger partial charge in [-0.1, -0.05) is 39.0 Å². The fourth-order valence-electron chi connectivity index (χ4n) is 1.96. The van der Waals surface area contributed by atoms with Crippen molar-refractivity contribution >= 4 is 5.69 Å². The minimum Gasteiger partial charge on any atom is -0.493 e. The number of nitrogens with two attached hydrogens (primary N) is 1. The molecule has 2 N–H and O–H groups in total. The van der Waals surface area contributed by atoms with Gasteiger partial charge in [0.2, 0.25) is 0 Å². The Morgan fingerprint density at radius 3 is 2.35 bits per heavy atom. The molecular weight excluding hydrogens is 267 g/mol. The molecule has 0 aliphatic heterocycles. The van der Waals surface area contributed by atoms with Crippen LogP contribution in [0.15, 0.2) is 18.2 Å². The molecule has 0 saturated carbocycles. The molecule has 1 aromatic carbocycles. The van der Waals surface area contributed by atoms with E-state index in [4.69, 9.17) is 10.5 Å². The van der Waals surface area contributed by atoms with Crippen molar-refractivity contribution in [2.75, 3.05) is 12.3 Å². The van der Waals surface area contributed by atoms with E-state index in [1.165, 1.54) is 31.4 Å². The Balaban J connectivity index is 2.44. The molecule has 0 radical (unpaired) electrons. The molecule has 0 saturated heterocycles. The van der Waals surface area contributed by atoms with E-state index >= 15 is 0 Å². The first-order valence-corrected chi connectivity index (χ1v) is 7.04. The molecular formula is C15H22F3NO. The van der Waals surface area contributed by atoms with Crippen molar-refractivity contribution in [3.05, 3.63) is 23.8 Å². The van der Waals surface area contributed by atoms with Gasteiger partial charge in [-0.15, -0.1) is 0 Å². The van der Waals surface area contributed by atoms with E-state index in [0.29, 0.717) is 6.61 Å². The SMILES string of the molecule is CCCCCCCCOc1ccc(N)cc1C(F)(F)F. The van der Waals surface area contributed by atoms with Gasteiger partial charge in [0.15, 0.2) is 0 Å². The number of hydrogen-bond donors (Lipinski definition) is 1. The van der Waals surface area contributed by atoms with Gasteiger partial charge in [-0.3, -0.25) is 0 Å². The summed E-state index contributed by atoms with van der Waals surface area (Å²) in [6, 6.07) is 3.62. The lowest BCUT2D eigenvalue weighted by atomic mass is 10.1. The van der Waals surface area contributed by atoms with Gasteiger partial charge in [0.1, 0.15) is 5.75 Å². The first kappa shape index (κ1) is 16.7. The van der Waals surface area contributed by atoms with Crippen LogP contribution in [0.25, 0.3) is 0 Å². The zero-order chi connectivity index (χ0) is 15.0. The van der Waals surface area contributed by atoms with Crippen molar-refractivity contribution in [3.8, 4) is 5.75 Å². The van der Waals surface area contributed by atoms with Gasteiger partial charge in [-0.05, 0) is 24.6 Å². The normalized spacial score (nSPS) is 11.6. The quantitative estimate of drug-likeness (QED) is 0.538. The van der Waals surface area contributed by atoms with E-state index in [0.717, 1.165) is 25.3 Å². The largest absolute Gasteiger partial charge is 0.493 e. The Morgan fingerprint density at radius 2 is 1.70 bits per heavy atom. The number of halogens is 3. The highest BCUT2D eigenvalue weighted by molar-refractivity contribution is 5.49. The zero-order valence-corrected chi connectivity index (χ0v) is 11.8. The van der Waals surface area contributed by atoms with Gasteiger partial charge in [-0.25, -0.2) is 0 Å². The molecule has 0 aliphatic rings. The number of benzene rings is 1. The molecule has 1 aromatic rings. The maximum atomic E-state index is 12.8. The average Bonchev–Trinajstić information content (AvgIpc) is 2.38. The molecule has 20 heavy (non-hydrogen) atoms. The molecule has 0 unspecified atom stereocenters. The summed E-state index contributed by atoms with van der Waals surface area (Å²) in [5.41, 5.74) is 4.68. The summed E-state index contributed by atoms with van der Waals surface area (Å²) in [7, 11) is 0. The van der Waals surface area contributed by atoms with Crippen LogP contribution in [0.1, 0.15) is 51.0 Å². The average molecular weight is 289 g/mol. The predicted octanol–water partition coefficient (Wildman–Crippen LogP) is 5.03. The van der Waals surface area contributed by atoms with E-state index in [-0.39, 0.29) is 11.4 Å². The topological polar surface area (TPSA) is 35.2 Å². The maximum Gasteiger partial charge on any atom is 0.420 e. The molecule has 0 bridgehead atoms. The summed E-state index contributed by atoms with van der Waals surface area (Å²) in [4.78, 5) is 0. The van der Waals surface area contributed by atoms with E-state index in [1.54, 1.807) is 0 Å². The van der Waals surface area contributed by atoms with Crippen LogP contribution in [0.4, 0.5) is 18.9 Å². The summed E-state index contributed by atoms with van der Waals surface area (Å²) >= 11 is 0. The van der Waals surface area contributed by atoms with Crippen LogP contribution in [0, 0.1) is 0 Å². The van der Waals surface area contributed by atoms with E-state index in [2.05, 4.69) is 6.92 Å². The molecule has 114 valence electrons. The van der Waals surface area contributed by atoms with E-state index < -0.39 is 11.7 Å². The second-order valence-electron chi connectivity index (χ2n) is 4.87. The van der Waals surface area contributed by atoms with Crippen LogP contribution in [0.2, 0.25) is 0 Å². The Morgan fingerprint density at radius 1 is 1.05 bits per heavy atom. The molecule has 1 rings (SSSR count). The Bertz CT molecular complexity index is 405. The third-order valence-electron chi connectivity index (χ3n) is 3.06. The third-order valence-corrected chi connectivity index (χ3v) is 3.06. The minimum atomic E-state index is -4.44. The molecule has 0 fully saturated rings. The van der Waals surface area contributed by atoms with Crippen molar-refractivity contribution in [1.29, 1.82) is 0 Å². The molecule has 0 spiro atoms. The summed E-state index contributed by atoms with van der Waals surface area (Å²) in [5, 5.41) is 0. The van der Waals surface area contributed by atoms with Crippen LogP contribution in [-0.2, 0) is 6.18 Å². The summed E-state index contributed by atoms with van der Waals surface area (Å²) in [6.45, 7) is 2.45. The summed E-state index contributed by atoms with van der Waals surface area (Å²) in [5.74, 6) is -0.139. The van der Waals surface area contributed by atoms with E-state index in [9.17, 15) is 13.2 Å².